The Balaban J connectivity index is 0.00000196. The van der Waals surface area contributed by atoms with Gasteiger partial charge >= 0.3 is 0 Å². The molecule has 1 saturated heterocycles. The van der Waals surface area contributed by atoms with Crippen LogP contribution >= 0.6 is 36.4 Å². The average molecular weight is 447 g/mol. The number of nitrogens with one attached hydrogen (secondary N) is 1. The molecule has 8 heteroatoms. The largest absolute Gasteiger partial charge is 0.496 e. The molecular weight excluding hydrogens is 421 g/mol. The van der Waals surface area contributed by atoms with Gasteiger partial charge in [-0.1, -0.05) is 35.9 Å². The number of carbonyl (C=O) groups excluding carboxylic acids is 1. The van der Waals surface area contributed by atoms with Crippen molar-refractivity contribution in [2.45, 2.75) is 25.9 Å². The fourth-order valence-electron chi connectivity index (χ4n) is 3.15. The van der Waals surface area contributed by atoms with Gasteiger partial charge in [-0.15, -0.1) is 24.8 Å². The maximum absolute atomic E-state index is 12.5. The van der Waals surface area contributed by atoms with Crippen molar-refractivity contribution >= 4 is 48.0 Å². The van der Waals surface area contributed by atoms with Gasteiger partial charge in [0.05, 0.1) is 23.4 Å². The normalized spacial score (nSPS) is 13.4. The molecule has 154 valence electrons. The monoisotopic (exact) mass is 445 g/mol. The van der Waals surface area contributed by atoms with Gasteiger partial charge in [-0.25, -0.2) is 0 Å². The minimum Gasteiger partial charge on any atom is -0.496 e. The number of rotatable bonds is 6. The molecule has 5 nitrogen and oxygen atoms in total. The number of methoxy groups -OCH3 is 1. The number of nitrogens with two attached hydrogens (primary N) is 1. The molecule has 1 aliphatic heterocycles. The molecule has 1 heterocycles. The molecule has 2 aromatic carbocycles. The molecule has 3 N–H and O–H groups in total. The first kappa shape index (κ1) is 24.4. The van der Waals surface area contributed by atoms with E-state index in [0.29, 0.717) is 28.6 Å². The molecule has 0 radical (unpaired) electrons. The summed E-state index contributed by atoms with van der Waals surface area (Å²) in [6.45, 7) is 3.80. The topological polar surface area (TPSA) is 67.6 Å². The average Bonchev–Trinajstić information content (AvgIpc) is 3.15. The van der Waals surface area contributed by atoms with Crippen LogP contribution in [0, 0.1) is 0 Å². The number of hydrogen-bond acceptors (Lipinski definition) is 4. The van der Waals surface area contributed by atoms with Crippen LogP contribution in [0.5, 0.6) is 5.75 Å². The Kier molecular flexibility index (Phi) is 9.90. The van der Waals surface area contributed by atoms with E-state index in [4.69, 9.17) is 22.1 Å². The van der Waals surface area contributed by atoms with Crippen LogP contribution in [-0.2, 0) is 13.1 Å². The molecule has 1 amide bonds. The summed E-state index contributed by atoms with van der Waals surface area (Å²) in [5.74, 6) is 0.162. The molecule has 3 rings (SSSR count). The summed E-state index contributed by atoms with van der Waals surface area (Å²) >= 11 is 6.03. The van der Waals surface area contributed by atoms with Crippen molar-refractivity contribution in [3.05, 3.63) is 58.1 Å². The molecule has 0 aromatic heterocycles. The molecule has 0 unspecified atom stereocenters. The van der Waals surface area contributed by atoms with Gasteiger partial charge in [0.2, 0.25) is 0 Å². The predicted octanol–water partition coefficient (Wildman–Crippen LogP) is 4.30. The van der Waals surface area contributed by atoms with Crippen LogP contribution < -0.4 is 15.8 Å². The van der Waals surface area contributed by atoms with Gasteiger partial charge in [0, 0.05) is 19.2 Å². The lowest BCUT2D eigenvalue weighted by molar-refractivity contribution is 0.0948. The smallest absolute Gasteiger partial charge is 0.255 e. The van der Waals surface area contributed by atoms with Crippen molar-refractivity contribution < 1.29 is 9.53 Å². The third-order valence-corrected chi connectivity index (χ3v) is 4.97. The summed E-state index contributed by atoms with van der Waals surface area (Å²) in [6.07, 6.45) is 2.59. The molecule has 1 fully saturated rings. The van der Waals surface area contributed by atoms with Crippen LogP contribution in [-0.4, -0.2) is 31.0 Å². The van der Waals surface area contributed by atoms with Crippen molar-refractivity contribution in [2.75, 3.05) is 25.9 Å². The van der Waals surface area contributed by atoms with E-state index in [1.54, 1.807) is 6.07 Å². The van der Waals surface area contributed by atoms with E-state index in [-0.39, 0.29) is 30.7 Å². The quantitative estimate of drug-likeness (QED) is 0.649. The Morgan fingerprint density at radius 1 is 1.14 bits per heavy atom. The third kappa shape index (κ3) is 6.17. The van der Waals surface area contributed by atoms with Gasteiger partial charge in [-0.3, -0.25) is 9.69 Å². The predicted molar refractivity (Wildman–Crippen MR) is 119 cm³/mol. The number of benzene rings is 2. The van der Waals surface area contributed by atoms with Crippen molar-refractivity contribution in [3.8, 4) is 5.75 Å². The summed E-state index contributed by atoms with van der Waals surface area (Å²) in [4.78, 5) is 14.9. The number of amides is 1. The van der Waals surface area contributed by atoms with Gasteiger partial charge in [0.15, 0.2) is 0 Å². The number of nitrogens with zero attached hydrogens (tertiary/aromatic N) is 1. The number of anilines is 1. The van der Waals surface area contributed by atoms with Gasteiger partial charge in [0.1, 0.15) is 5.75 Å². The van der Waals surface area contributed by atoms with Gasteiger partial charge < -0.3 is 15.8 Å². The second-order valence-corrected chi connectivity index (χ2v) is 6.96. The van der Waals surface area contributed by atoms with E-state index in [9.17, 15) is 4.79 Å². The van der Waals surface area contributed by atoms with E-state index >= 15 is 0 Å². The summed E-state index contributed by atoms with van der Waals surface area (Å²) in [5, 5.41) is 3.24. The number of hydrogen-bond donors (Lipinski definition) is 2. The highest BCUT2D eigenvalue weighted by atomic mass is 35.5. The van der Waals surface area contributed by atoms with Gasteiger partial charge in [-0.05, 0) is 43.1 Å². The van der Waals surface area contributed by atoms with Crippen LogP contribution in [0.4, 0.5) is 5.69 Å². The maximum atomic E-state index is 12.5. The Hall–Kier alpha value is -1.66. The Bertz CT molecular complexity index is 779. The summed E-state index contributed by atoms with van der Waals surface area (Å²) in [7, 11) is 1.50. The van der Waals surface area contributed by atoms with Crippen molar-refractivity contribution in [1.29, 1.82) is 0 Å². The molecule has 0 aliphatic carbocycles. The van der Waals surface area contributed by atoms with E-state index in [1.165, 1.54) is 44.7 Å². The number of nitrogen functional groups attached to an aromatic ring is 1. The zero-order valence-corrected chi connectivity index (χ0v) is 18.1. The molecule has 28 heavy (non-hydrogen) atoms. The Labute approximate surface area is 183 Å². The number of likely N-dealkylation sites (tertiary alicyclic amines) is 1. The molecular formula is C20H26Cl3N3O2. The Morgan fingerprint density at radius 3 is 2.36 bits per heavy atom. The first-order chi connectivity index (χ1) is 12.6. The maximum Gasteiger partial charge on any atom is 0.255 e. The fourth-order valence-corrected chi connectivity index (χ4v) is 3.32. The second kappa shape index (κ2) is 11.4. The lowest BCUT2D eigenvalue weighted by atomic mass is 10.1. The zero-order chi connectivity index (χ0) is 18.5. The van der Waals surface area contributed by atoms with Crippen LogP contribution in [0.15, 0.2) is 36.4 Å². The van der Waals surface area contributed by atoms with Crippen molar-refractivity contribution in [3.63, 3.8) is 0 Å². The lowest BCUT2D eigenvalue weighted by Gasteiger charge is -2.15. The van der Waals surface area contributed by atoms with Crippen LogP contribution in [0.1, 0.15) is 34.3 Å². The van der Waals surface area contributed by atoms with Crippen LogP contribution in [0.3, 0.4) is 0 Å². The minimum atomic E-state index is -0.245. The van der Waals surface area contributed by atoms with Crippen molar-refractivity contribution in [1.82, 2.24) is 10.2 Å². The Morgan fingerprint density at radius 2 is 1.75 bits per heavy atom. The molecule has 2 aromatic rings. The lowest BCUT2D eigenvalue weighted by Crippen LogP contribution is -2.23. The molecule has 1 aliphatic rings. The van der Waals surface area contributed by atoms with Crippen LogP contribution in [0.25, 0.3) is 0 Å². The highest BCUT2D eigenvalue weighted by molar-refractivity contribution is 6.33. The number of halogens is 3. The van der Waals surface area contributed by atoms with E-state index in [1.807, 2.05) is 0 Å². The molecule has 0 atom stereocenters. The first-order valence-corrected chi connectivity index (χ1v) is 9.16. The molecule has 0 saturated carbocycles. The molecule has 0 bridgehead atoms. The highest BCUT2D eigenvalue weighted by Crippen LogP contribution is 2.28. The van der Waals surface area contributed by atoms with Crippen molar-refractivity contribution in [2.24, 2.45) is 0 Å². The van der Waals surface area contributed by atoms with E-state index in [2.05, 4.69) is 34.5 Å². The minimum absolute atomic E-state index is 0. The molecule has 0 spiro atoms. The van der Waals surface area contributed by atoms with Gasteiger partial charge in [0.25, 0.3) is 5.91 Å². The fraction of sp³-hybridized carbons (Fsp3) is 0.350. The third-order valence-electron chi connectivity index (χ3n) is 4.64. The summed E-state index contributed by atoms with van der Waals surface area (Å²) in [6, 6.07) is 11.5. The number of ether oxygens (including phenoxy) is 1. The number of carbonyl (C=O) groups is 1. The van der Waals surface area contributed by atoms with E-state index in [0.717, 1.165) is 12.1 Å². The summed E-state index contributed by atoms with van der Waals surface area (Å²) in [5.41, 5.74) is 8.86. The van der Waals surface area contributed by atoms with Crippen LogP contribution in [0.2, 0.25) is 5.02 Å². The van der Waals surface area contributed by atoms with E-state index < -0.39 is 0 Å². The van der Waals surface area contributed by atoms with Gasteiger partial charge in [-0.2, -0.15) is 0 Å². The first-order valence-electron chi connectivity index (χ1n) is 8.78. The second-order valence-electron chi connectivity index (χ2n) is 6.56. The summed E-state index contributed by atoms with van der Waals surface area (Å²) < 4.78 is 5.23. The highest BCUT2D eigenvalue weighted by Gasteiger charge is 2.15. The zero-order valence-electron chi connectivity index (χ0n) is 15.7. The SMILES string of the molecule is COc1cc(N)c(Cl)cc1C(=O)NCc1ccc(CN2CCCC2)cc1.Cl.Cl. The standard InChI is InChI=1S/C20H24ClN3O2.2ClH/c1-26-19-11-18(22)17(21)10-16(19)20(25)23-12-14-4-6-15(7-5-14)13-24-8-2-3-9-24;;/h4-7,10-11H,2-3,8-9,12-13,22H2,1H3,(H,23,25);2*1H.